The summed E-state index contributed by atoms with van der Waals surface area (Å²) in [6, 6.07) is 0. The zero-order chi connectivity index (χ0) is 21.9. The highest BCUT2D eigenvalue weighted by molar-refractivity contribution is 7.99. The van der Waals surface area contributed by atoms with Crippen LogP contribution in [-0.4, -0.2) is 70.3 Å². The minimum absolute atomic E-state index is 0.0733. The SMILES string of the molecule is CCOC(=O)CCC(=O)NCCn1ncc2c(NCCOC)nc(SC(C)C)nc21. The van der Waals surface area contributed by atoms with Crippen LogP contribution >= 0.6 is 11.8 Å². The molecule has 0 aliphatic heterocycles. The number of amides is 1. The van der Waals surface area contributed by atoms with Gasteiger partial charge in [0.2, 0.25) is 5.91 Å². The number of ether oxygens (including phenoxy) is 2. The number of aromatic nitrogens is 4. The number of nitrogens with zero attached hydrogens (tertiary/aromatic N) is 4. The molecule has 2 aromatic rings. The van der Waals surface area contributed by atoms with Gasteiger partial charge in [0, 0.05) is 31.9 Å². The van der Waals surface area contributed by atoms with Gasteiger partial charge < -0.3 is 20.1 Å². The first-order valence-corrected chi connectivity index (χ1v) is 10.9. The predicted molar refractivity (Wildman–Crippen MR) is 116 cm³/mol. The predicted octanol–water partition coefficient (Wildman–Crippen LogP) is 1.84. The van der Waals surface area contributed by atoms with Crippen LogP contribution in [-0.2, 0) is 25.6 Å². The molecule has 0 bridgehead atoms. The zero-order valence-corrected chi connectivity index (χ0v) is 18.8. The number of hydrogen-bond acceptors (Lipinski definition) is 9. The molecule has 0 aliphatic carbocycles. The van der Waals surface area contributed by atoms with Crippen molar-refractivity contribution in [3.63, 3.8) is 0 Å². The summed E-state index contributed by atoms with van der Waals surface area (Å²) >= 11 is 1.57. The number of nitrogens with one attached hydrogen (secondary N) is 2. The summed E-state index contributed by atoms with van der Waals surface area (Å²) < 4.78 is 11.7. The van der Waals surface area contributed by atoms with Crippen molar-refractivity contribution in [3.05, 3.63) is 6.20 Å². The molecule has 2 N–H and O–H groups in total. The molecule has 0 aliphatic rings. The number of hydrogen-bond donors (Lipinski definition) is 2. The van der Waals surface area contributed by atoms with Crippen LogP contribution in [0.2, 0.25) is 0 Å². The molecule has 1 amide bonds. The van der Waals surface area contributed by atoms with Crippen molar-refractivity contribution in [2.75, 3.05) is 38.7 Å². The van der Waals surface area contributed by atoms with Crippen LogP contribution in [0.25, 0.3) is 11.0 Å². The fraction of sp³-hybridized carbons (Fsp3) is 0.632. The first-order chi connectivity index (χ1) is 14.4. The molecule has 0 saturated carbocycles. The number of carbonyl (C=O) groups is 2. The van der Waals surface area contributed by atoms with E-state index in [2.05, 4.69) is 39.5 Å². The first kappa shape index (κ1) is 23.9. The van der Waals surface area contributed by atoms with E-state index in [-0.39, 0.29) is 24.7 Å². The maximum atomic E-state index is 11.9. The molecule has 11 heteroatoms. The number of anilines is 1. The van der Waals surface area contributed by atoms with Gasteiger partial charge >= 0.3 is 5.97 Å². The molecule has 2 heterocycles. The fourth-order valence-electron chi connectivity index (χ4n) is 2.61. The number of rotatable bonds is 13. The van der Waals surface area contributed by atoms with Crippen molar-refractivity contribution in [2.45, 2.75) is 50.6 Å². The molecule has 0 radical (unpaired) electrons. The Labute approximate surface area is 180 Å². The number of thioether (sulfide) groups is 1. The molecule has 166 valence electrons. The maximum Gasteiger partial charge on any atom is 0.306 e. The van der Waals surface area contributed by atoms with E-state index in [0.29, 0.717) is 54.7 Å². The number of methoxy groups -OCH3 is 1. The molecular weight excluding hydrogens is 408 g/mol. The Morgan fingerprint density at radius 1 is 1.23 bits per heavy atom. The van der Waals surface area contributed by atoms with Crippen LogP contribution in [0.3, 0.4) is 0 Å². The Morgan fingerprint density at radius 3 is 2.73 bits per heavy atom. The highest BCUT2D eigenvalue weighted by Crippen LogP contribution is 2.26. The van der Waals surface area contributed by atoms with E-state index in [1.807, 2.05) is 0 Å². The third-order valence-electron chi connectivity index (χ3n) is 3.92. The van der Waals surface area contributed by atoms with Crippen LogP contribution in [0.1, 0.15) is 33.6 Å². The van der Waals surface area contributed by atoms with E-state index < -0.39 is 0 Å². The number of carbonyl (C=O) groups excluding carboxylic acids is 2. The summed E-state index contributed by atoms with van der Waals surface area (Å²) in [5.41, 5.74) is 0.703. The van der Waals surface area contributed by atoms with E-state index >= 15 is 0 Å². The van der Waals surface area contributed by atoms with Crippen LogP contribution in [0, 0.1) is 0 Å². The van der Waals surface area contributed by atoms with Crippen LogP contribution < -0.4 is 10.6 Å². The van der Waals surface area contributed by atoms with Gasteiger partial charge in [-0.3, -0.25) is 9.59 Å². The van der Waals surface area contributed by atoms with Crippen molar-refractivity contribution in [3.8, 4) is 0 Å². The quantitative estimate of drug-likeness (QED) is 0.209. The molecule has 0 atom stereocenters. The van der Waals surface area contributed by atoms with E-state index in [1.165, 1.54) is 0 Å². The normalized spacial score (nSPS) is 11.1. The monoisotopic (exact) mass is 438 g/mol. The van der Waals surface area contributed by atoms with E-state index in [9.17, 15) is 9.59 Å². The fourth-order valence-corrected chi connectivity index (χ4v) is 3.31. The Balaban J connectivity index is 2.03. The molecule has 0 aromatic carbocycles. The summed E-state index contributed by atoms with van der Waals surface area (Å²) in [7, 11) is 1.65. The minimum Gasteiger partial charge on any atom is -0.466 e. The molecule has 2 rings (SSSR count). The van der Waals surface area contributed by atoms with Crippen LogP contribution in [0.15, 0.2) is 11.4 Å². The molecule has 0 spiro atoms. The van der Waals surface area contributed by atoms with E-state index in [4.69, 9.17) is 9.47 Å². The molecule has 0 saturated heterocycles. The summed E-state index contributed by atoms with van der Waals surface area (Å²) in [6.45, 7) is 8.23. The maximum absolute atomic E-state index is 11.9. The van der Waals surface area contributed by atoms with Gasteiger partial charge in [0.1, 0.15) is 5.82 Å². The van der Waals surface area contributed by atoms with Gasteiger partial charge in [0.15, 0.2) is 10.8 Å². The van der Waals surface area contributed by atoms with Gasteiger partial charge in [0.25, 0.3) is 0 Å². The van der Waals surface area contributed by atoms with Gasteiger partial charge in [-0.25, -0.2) is 14.6 Å². The Kier molecular flexibility index (Phi) is 9.81. The summed E-state index contributed by atoms with van der Waals surface area (Å²) in [5, 5.41) is 12.3. The third kappa shape index (κ3) is 7.45. The van der Waals surface area contributed by atoms with Crippen LogP contribution in [0.5, 0.6) is 0 Å². The topological polar surface area (TPSA) is 120 Å². The van der Waals surface area contributed by atoms with Crippen molar-refractivity contribution in [1.29, 1.82) is 0 Å². The largest absolute Gasteiger partial charge is 0.466 e. The van der Waals surface area contributed by atoms with E-state index in [0.717, 1.165) is 5.39 Å². The average Bonchev–Trinajstić information content (AvgIpc) is 3.09. The van der Waals surface area contributed by atoms with Crippen molar-refractivity contribution >= 4 is 40.5 Å². The van der Waals surface area contributed by atoms with Crippen molar-refractivity contribution in [1.82, 2.24) is 25.1 Å². The molecule has 2 aromatic heterocycles. The molecule has 30 heavy (non-hydrogen) atoms. The Bertz CT molecular complexity index is 842. The van der Waals surface area contributed by atoms with Crippen molar-refractivity contribution in [2.24, 2.45) is 0 Å². The van der Waals surface area contributed by atoms with Gasteiger partial charge in [-0.2, -0.15) is 5.10 Å². The molecule has 0 fully saturated rings. The van der Waals surface area contributed by atoms with Gasteiger partial charge in [-0.1, -0.05) is 25.6 Å². The van der Waals surface area contributed by atoms with Crippen LogP contribution in [0.4, 0.5) is 5.82 Å². The van der Waals surface area contributed by atoms with Crippen molar-refractivity contribution < 1.29 is 19.1 Å². The second-order valence-electron chi connectivity index (χ2n) is 6.70. The highest BCUT2D eigenvalue weighted by atomic mass is 32.2. The smallest absolute Gasteiger partial charge is 0.306 e. The summed E-state index contributed by atoms with van der Waals surface area (Å²) in [5.74, 6) is 0.142. The highest BCUT2D eigenvalue weighted by Gasteiger charge is 2.14. The van der Waals surface area contributed by atoms with Gasteiger partial charge in [0.05, 0.1) is 37.8 Å². The van der Waals surface area contributed by atoms with Gasteiger partial charge in [-0.05, 0) is 6.92 Å². The summed E-state index contributed by atoms with van der Waals surface area (Å²) in [4.78, 5) is 32.5. The lowest BCUT2D eigenvalue weighted by Gasteiger charge is -2.10. The second kappa shape index (κ2) is 12.3. The number of fused-ring (bicyclic) bond motifs is 1. The first-order valence-electron chi connectivity index (χ1n) is 9.99. The lowest BCUT2D eigenvalue weighted by atomic mass is 10.3. The molecule has 10 nitrogen and oxygen atoms in total. The lowest BCUT2D eigenvalue weighted by molar-refractivity contribution is -0.144. The standard InChI is InChI=1S/C19H30N6O4S/c1-5-29-16(27)7-6-15(26)20-8-10-25-18-14(12-22-25)17(21-9-11-28-4)23-19(24-18)30-13(2)3/h12-13H,5-11H2,1-4H3,(H,20,26)(H,21,23,24). The number of esters is 1. The Morgan fingerprint density at radius 2 is 2.03 bits per heavy atom. The molecule has 0 unspecified atom stereocenters. The summed E-state index contributed by atoms with van der Waals surface area (Å²) in [6.07, 6.45) is 1.89. The third-order valence-corrected chi connectivity index (χ3v) is 4.79. The minimum atomic E-state index is -0.369. The average molecular weight is 439 g/mol. The second-order valence-corrected chi connectivity index (χ2v) is 8.24. The Hall–Kier alpha value is -2.40. The zero-order valence-electron chi connectivity index (χ0n) is 17.9. The van der Waals surface area contributed by atoms with E-state index in [1.54, 1.807) is 36.7 Å². The molecular formula is C19H30N6O4S. The van der Waals surface area contributed by atoms with Gasteiger partial charge in [-0.15, -0.1) is 0 Å². The lowest BCUT2D eigenvalue weighted by Crippen LogP contribution is -2.28.